The van der Waals surface area contributed by atoms with Gasteiger partial charge in [0.25, 0.3) is 0 Å². The Kier molecular flexibility index (Phi) is 8.81. The van der Waals surface area contributed by atoms with Crippen molar-refractivity contribution >= 4 is 43.2 Å². The lowest BCUT2D eigenvalue weighted by Crippen LogP contribution is -2.19. The molecule has 0 saturated heterocycles. The van der Waals surface area contributed by atoms with Gasteiger partial charge in [0.05, 0.1) is 3.79 Å². The van der Waals surface area contributed by atoms with E-state index in [1.54, 1.807) is 0 Å². The molecule has 1 aromatic rings. The summed E-state index contributed by atoms with van der Waals surface area (Å²) >= 11 is 8.99. The highest BCUT2D eigenvalue weighted by atomic mass is 79.9. The molecule has 1 heterocycles. The van der Waals surface area contributed by atoms with E-state index in [-0.39, 0.29) is 0 Å². The topological polar surface area (TPSA) is 12.0 Å². The first-order chi connectivity index (χ1) is 8.69. The van der Waals surface area contributed by atoms with Crippen molar-refractivity contribution in [2.45, 2.75) is 58.4 Å². The van der Waals surface area contributed by atoms with Gasteiger partial charge in [-0.15, -0.1) is 11.3 Å². The Morgan fingerprint density at radius 1 is 1.17 bits per heavy atom. The first kappa shape index (κ1) is 16.7. The average molecular weight is 397 g/mol. The first-order valence-electron chi connectivity index (χ1n) is 6.87. The Balaban J connectivity index is 2.44. The third-order valence-electron chi connectivity index (χ3n) is 3.05. The fourth-order valence-corrected chi connectivity index (χ4v) is 4.28. The SMILES string of the molecule is CCCCCCCC(NCC)c1cc(Br)c(Br)s1. The van der Waals surface area contributed by atoms with Crippen molar-refractivity contribution in [2.24, 2.45) is 0 Å². The number of nitrogens with one attached hydrogen (secondary N) is 1. The predicted octanol–water partition coefficient (Wildman–Crippen LogP) is 6.28. The summed E-state index contributed by atoms with van der Waals surface area (Å²) in [5, 5.41) is 3.60. The van der Waals surface area contributed by atoms with Gasteiger partial charge in [0, 0.05) is 15.4 Å². The second kappa shape index (κ2) is 9.51. The van der Waals surface area contributed by atoms with Gasteiger partial charge in [-0.1, -0.05) is 46.0 Å². The van der Waals surface area contributed by atoms with Crippen LogP contribution in [0.2, 0.25) is 0 Å². The second-order valence-corrected chi connectivity index (χ2v) is 7.84. The Morgan fingerprint density at radius 2 is 1.89 bits per heavy atom. The number of halogens is 2. The van der Waals surface area contributed by atoms with Crippen LogP contribution in [0.25, 0.3) is 0 Å². The average Bonchev–Trinajstić information content (AvgIpc) is 2.68. The molecule has 1 nitrogen and oxygen atoms in total. The molecule has 1 aromatic heterocycles. The van der Waals surface area contributed by atoms with Crippen molar-refractivity contribution in [3.05, 3.63) is 19.2 Å². The summed E-state index contributed by atoms with van der Waals surface area (Å²) in [6.07, 6.45) is 8.02. The summed E-state index contributed by atoms with van der Waals surface area (Å²) in [6.45, 7) is 5.48. The molecule has 1 rings (SSSR count). The smallest absolute Gasteiger partial charge is 0.0843 e. The van der Waals surface area contributed by atoms with Gasteiger partial charge < -0.3 is 5.32 Å². The van der Waals surface area contributed by atoms with Crippen LogP contribution in [0, 0.1) is 0 Å². The third kappa shape index (κ3) is 5.72. The van der Waals surface area contributed by atoms with E-state index in [1.165, 1.54) is 51.7 Å². The molecule has 4 heteroatoms. The van der Waals surface area contributed by atoms with Crippen molar-refractivity contribution < 1.29 is 0 Å². The van der Waals surface area contributed by atoms with Crippen LogP contribution < -0.4 is 5.32 Å². The number of rotatable bonds is 9. The van der Waals surface area contributed by atoms with Crippen molar-refractivity contribution in [3.63, 3.8) is 0 Å². The molecule has 18 heavy (non-hydrogen) atoms. The molecule has 0 aliphatic rings. The van der Waals surface area contributed by atoms with Crippen molar-refractivity contribution in [3.8, 4) is 0 Å². The lowest BCUT2D eigenvalue weighted by Gasteiger charge is -2.16. The number of unbranched alkanes of at least 4 members (excludes halogenated alkanes) is 4. The summed E-state index contributed by atoms with van der Waals surface area (Å²) in [6, 6.07) is 2.76. The number of thiophene rings is 1. The summed E-state index contributed by atoms with van der Waals surface area (Å²) < 4.78 is 2.38. The van der Waals surface area contributed by atoms with Crippen LogP contribution in [0.3, 0.4) is 0 Å². The third-order valence-corrected chi connectivity index (χ3v) is 6.42. The zero-order valence-electron chi connectivity index (χ0n) is 11.3. The zero-order chi connectivity index (χ0) is 13.4. The molecular weight excluding hydrogens is 374 g/mol. The maximum Gasteiger partial charge on any atom is 0.0843 e. The van der Waals surface area contributed by atoms with Crippen molar-refractivity contribution in [2.75, 3.05) is 6.54 Å². The van der Waals surface area contributed by atoms with Gasteiger partial charge in [-0.3, -0.25) is 0 Å². The van der Waals surface area contributed by atoms with Crippen LogP contribution in [0.4, 0.5) is 0 Å². The van der Waals surface area contributed by atoms with E-state index in [4.69, 9.17) is 0 Å². The largest absolute Gasteiger partial charge is 0.310 e. The van der Waals surface area contributed by atoms with E-state index < -0.39 is 0 Å². The molecule has 0 bridgehead atoms. The van der Waals surface area contributed by atoms with Gasteiger partial charge in [0.1, 0.15) is 0 Å². The van der Waals surface area contributed by atoms with Crippen molar-refractivity contribution in [1.82, 2.24) is 5.32 Å². The van der Waals surface area contributed by atoms with Gasteiger partial charge in [-0.2, -0.15) is 0 Å². The van der Waals surface area contributed by atoms with E-state index in [0.29, 0.717) is 6.04 Å². The molecule has 0 aliphatic carbocycles. The highest BCUT2D eigenvalue weighted by Gasteiger charge is 2.14. The lowest BCUT2D eigenvalue weighted by atomic mass is 10.1. The van der Waals surface area contributed by atoms with Crippen LogP contribution >= 0.6 is 43.2 Å². The normalized spacial score (nSPS) is 12.9. The van der Waals surface area contributed by atoms with E-state index in [9.17, 15) is 0 Å². The molecule has 1 atom stereocenters. The Morgan fingerprint density at radius 3 is 2.44 bits per heavy atom. The quantitative estimate of drug-likeness (QED) is 0.484. The lowest BCUT2D eigenvalue weighted by molar-refractivity contribution is 0.484. The molecular formula is C14H23Br2NS. The fourth-order valence-electron chi connectivity index (χ4n) is 2.08. The fraction of sp³-hybridized carbons (Fsp3) is 0.714. The molecule has 1 N–H and O–H groups in total. The first-order valence-corrected chi connectivity index (χ1v) is 9.27. The van der Waals surface area contributed by atoms with Crippen LogP contribution in [0.15, 0.2) is 14.3 Å². The number of hydrogen-bond acceptors (Lipinski definition) is 2. The van der Waals surface area contributed by atoms with Gasteiger partial charge in [-0.25, -0.2) is 0 Å². The molecule has 0 aliphatic heterocycles. The molecule has 0 amide bonds. The maximum atomic E-state index is 3.60. The molecule has 0 aromatic carbocycles. The second-order valence-electron chi connectivity index (χ2n) is 4.58. The van der Waals surface area contributed by atoms with E-state index >= 15 is 0 Å². The number of hydrogen-bond donors (Lipinski definition) is 1. The van der Waals surface area contributed by atoms with E-state index in [0.717, 1.165) is 6.54 Å². The van der Waals surface area contributed by atoms with Gasteiger partial charge >= 0.3 is 0 Å². The molecule has 0 saturated carbocycles. The predicted molar refractivity (Wildman–Crippen MR) is 89.5 cm³/mol. The molecule has 1 unspecified atom stereocenters. The summed E-state index contributed by atoms with van der Waals surface area (Å²) in [5.41, 5.74) is 0. The highest BCUT2D eigenvalue weighted by Crippen LogP contribution is 2.36. The van der Waals surface area contributed by atoms with Gasteiger partial charge in [-0.05, 0) is 50.9 Å². The Labute approximate surface area is 132 Å². The van der Waals surface area contributed by atoms with Gasteiger partial charge in [0.2, 0.25) is 0 Å². The summed E-state index contributed by atoms with van der Waals surface area (Å²) in [7, 11) is 0. The van der Waals surface area contributed by atoms with Crippen LogP contribution in [-0.4, -0.2) is 6.54 Å². The molecule has 0 fully saturated rings. The highest BCUT2D eigenvalue weighted by molar-refractivity contribution is 9.13. The maximum absolute atomic E-state index is 3.60. The minimum atomic E-state index is 0.518. The van der Waals surface area contributed by atoms with Crippen LogP contribution in [0.1, 0.15) is 63.3 Å². The van der Waals surface area contributed by atoms with Crippen molar-refractivity contribution in [1.29, 1.82) is 0 Å². The zero-order valence-corrected chi connectivity index (χ0v) is 15.3. The molecule has 104 valence electrons. The minimum Gasteiger partial charge on any atom is -0.310 e. The van der Waals surface area contributed by atoms with E-state index in [1.807, 2.05) is 11.3 Å². The summed E-state index contributed by atoms with van der Waals surface area (Å²) in [5.74, 6) is 0. The standard InChI is InChI=1S/C14H23Br2NS/c1-3-5-6-7-8-9-12(17-4-2)13-10-11(15)14(16)18-13/h10,12,17H,3-9H2,1-2H3. The molecule has 0 radical (unpaired) electrons. The summed E-state index contributed by atoms with van der Waals surface area (Å²) in [4.78, 5) is 1.44. The van der Waals surface area contributed by atoms with Crippen LogP contribution in [-0.2, 0) is 0 Å². The monoisotopic (exact) mass is 395 g/mol. The van der Waals surface area contributed by atoms with E-state index in [2.05, 4.69) is 57.1 Å². The minimum absolute atomic E-state index is 0.518. The molecule has 0 spiro atoms. The van der Waals surface area contributed by atoms with Crippen LogP contribution in [0.5, 0.6) is 0 Å². The van der Waals surface area contributed by atoms with Gasteiger partial charge in [0.15, 0.2) is 0 Å². The Hall–Kier alpha value is 0.620. The Bertz CT molecular complexity index is 319.